The van der Waals surface area contributed by atoms with Crippen molar-refractivity contribution in [3.8, 4) is 0 Å². The molecule has 0 heterocycles. The van der Waals surface area contributed by atoms with Crippen molar-refractivity contribution >= 4 is 21.7 Å². The maximum atomic E-state index is 12.2. The van der Waals surface area contributed by atoms with E-state index < -0.39 is 15.7 Å². The van der Waals surface area contributed by atoms with Crippen LogP contribution in [0.25, 0.3) is 0 Å². The molecule has 0 aliphatic rings. The molecule has 0 radical (unpaired) electrons. The fourth-order valence-corrected chi connectivity index (χ4v) is 4.12. The minimum absolute atomic E-state index is 0.194. The van der Waals surface area contributed by atoms with Crippen LogP contribution in [0, 0.1) is 0 Å². The molecular formula is C13H28NO4PSi. The zero-order valence-corrected chi connectivity index (χ0v) is 15.2. The molecule has 118 valence electrons. The van der Waals surface area contributed by atoms with Gasteiger partial charge in [0.25, 0.3) is 5.97 Å². The predicted molar refractivity (Wildman–Crippen MR) is 85.8 cm³/mol. The summed E-state index contributed by atoms with van der Waals surface area (Å²) in [6, 6.07) is 0. The van der Waals surface area contributed by atoms with Crippen LogP contribution in [0.4, 0.5) is 0 Å². The van der Waals surface area contributed by atoms with Crippen LogP contribution >= 0.6 is 7.37 Å². The Balaban J connectivity index is 4.38. The number of hydrogen-bond acceptors (Lipinski definition) is 5. The molecule has 0 rings (SSSR count). The first-order valence-electron chi connectivity index (χ1n) is 6.86. The third-order valence-electron chi connectivity index (χ3n) is 2.30. The number of rotatable bonds is 10. The van der Waals surface area contributed by atoms with E-state index in [0.29, 0.717) is 32.4 Å². The van der Waals surface area contributed by atoms with E-state index in [1.807, 2.05) is 31.5 Å². The van der Waals surface area contributed by atoms with Crippen LogP contribution in [-0.4, -0.2) is 51.8 Å². The maximum Gasteiger partial charge on any atom is 0.293 e. The summed E-state index contributed by atoms with van der Waals surface area (Å²) in [6.45, 7) is 14.5. The van der Waals surface area contributed by atoms with Crippen molar-refractivity contribution in [2.45, 2.75) is 33.0 Å². The van der Waals surface area contributed by atoms with E-state index in [9.17, 15) is 9.36 Å². The van der Waals surface area contributed by atoms with Crippen LogP contribution in [0.1, 0.15) is 13.3 Å². The highest BCUT2D eigenvalue weighted by molar-refractivity contribution is 7.58. The standard InChI is InChI=1S/C13H28NO4PSi/c1-7-10-14(12-19(3,16)17-8-2)11-9-13(15)18-20(4,5)6/h7H,1,8-12H2,2-6H3. The summed E-state index contributed by atoms with van der Waals surface area (Å²) in [5.74, 6) is -0.194. The van der Waals surface area contributed by atoms with E-state index in [0.717, 1.165) is 0 Å². The van der Waals surface area contributed by atoms with Gasteiger partial charge in [0.2, 0.25) is 15.7 Å². The number of nitrogens with zero attached hydrogens (tertiary/aromatic N) is 1. The summed E-state index contributed by atoms with van der Waals surface area (Å²) in [6.07, 6.45) is 2.35. The van der Waals surface area contributed by atoms with Crippen LogP contribution in [0.5, 0.6) is 0 Å². The van der Waals surface area contributed by atoms with Gasteiger partial charge in [0.1, 0.15) is 0 Å². The van der Waals surface area contributed by atoms with Gasteiger partial charge in [0.05, 0.1) is 19.3 Å². The molecule has 0 bridgehead atoms. The molecule has 0 saturated heterocycles. The molecule has 0 aromatic rings. The van der Waals surface area contributed by atoms with Crippen molar-refractivity contribution in [2.75, 3.05) is 32.6 Å². The second kappa shape index (κ2) is 8.77. The first-order valence-corrected chi connectivity index (χ1v) is 12.5. The lowest BCUT2D eigenvalue weighted by Crippen LogP contribution is -2.33. The zero-order chi connectivity index (χ0) is 15.8. The molecule has 20 heavy (non-hydrogen) atoms. The fourth-order valence-electron chi connectivity index (χ4n) is 1.72. The molecule has 0 N–H and O–H groups in total. The molecule has 0 aliphatic carbocycles. The van der Waals surface area contributed by atoms with Gasteiger partial charge >= 0.3 is 0 Å². The molecule has 0 amide bonds. The summed E-state index contributed by atoms with van der Waals surface area (Å²) in [5, 5.41) is 0. The van der Waals surface area contributed by atoms with Gasteiger partial charge in [-0.2, -0.15) is 0 Å². The smallest absolute Gasteiger partial charge is 0.293 e. The van der Waals surface area contributed by atoms with E-state index in [1.54, 1.807) is 12.7 Å². The highest BCUT2D eigenvalue weighted by atomic mass is 31.2. The molecule has 5 nitrogen and oxygen atoms in total. The molecule has 0 aliphatic heterocycles. The molecule has 0 spiro atoms. The Morgan fingerprint density at radius 3 is 2.45 bits per heavy atom. The lowest BCUT2D eigenvalue weighted by Gasteiger charge is -2.25. The molecular weight excluding hydrogens is 293 g/mol. The van der Waals surface area contributed by atoms with Crippen molar-refractivity contribution in [3.05, 3.63) is 12.7 Å². The van der Waals surface area contributed by atoms with Gasteiger partial charge in [-0.1, -0.05) is 6.08 Å². The number of carbonyl (C=O) groups is 1. The third-order valence-corrected chi connectivity index (χ3v) is 4.86. The topological polar surface area (TPSA) is 55.8 Å². The Kier molecular flexibility index (Phi) is 8.59. The van der Waals surface area contributed by atoms with E-state index in [1.165, 1.54) is 0 Å². The van der Waals surface area contributed by atoms with Gasteiger partial charge in [0, 0.05) is 19.8 Å². The fraction of sp³-hybridized carbons (Fsp3) is 0.769. The predicted octanol–water partition coefficient (Wildman–Crippen LogP) is 3.14. The Bertz CT molecular complexity index is 368. The van der Waals surface area contributed by atoms with Gasteiger partial charge in [-0.05, 0) is 26.6 Å². The van der Waals surface area contributed by atoms with Crippen molar-refractivity contribution in [2.24, 2.45) is 0 Å². The van der Waals surface area contributed by atoms with Crippen molar-refractivity contribution in [3.63, 3.8) is 0 Å². The Morgan fingerprint density at radius 1 is 1.40 bits per heavy atom. The van der Waals surface area contributed by atoms with Gasteiger partial charge in [-0.3, -0.25) is 14.3 Å². The summed E-state index contributed by atoms with van der Waals surface area (Å²) in [7, 11) is -4.48. The lowest BCUT2D eigenvalue weighted by atomic mass is 10.4. The average Bonchev–Trinajstić information content (AvgIpc) is 2.23. The highest BCUT2D eigenvalue weighted by Crippen LogP contribution is 2.42. The van der Waals surface area contributed by atoms with E-state index >= 15 is 0 Å². The van der Waals surface area contributed by atoms with Crippen molar-refractivity contribution < 1.29 is 18.3 Å². The molecule has 1 atom stereocenters. The molecule has 0 aromatic heterocycles. The van der Waals surface area contributed by atoms with Crippen molar-refractivity contribution in [1.82, 2.24) is 4.90 Å². The molecule has 7 heteroatoms. The normalized spacial score (nSPS) is 14.9. The zero-order valence-electron chi connectivity index (χ0n) is 13.3. The van der Waals surface area contributed by atoms with Crippen LogP contribution in [0.3, 0.4) is 0 Å². The van der Waals surface area contributed by atoms with Gasteiger partial charge in [-0.25, -0.2) is 0 Å². The Labute approximate surface area is 123 Å². The summed E-state index contributed by atoms with van der Waals surface area (Å²) in [5.41, 5.74) is 0. The van der Waals surface area contributed by atoms with Crippen LogP contribution < -0.4 is 0 Å². The SMILES string of the molecule is C=CCN(CCC(=O)O[Si](C)(C)C)CP(C)(=O)OCC. The lowest BCUT2D eigenvalue weighted by molar-refractivity contribution is -0.135. The first kappa shape index (κ1) is 19.6. The average molecular weight is 321 g/mol. The van der Waals surface area contributed by atoms with Crippen LogP contribution in [-0.2, 0) is 18.3 Å². The quantitative estimate of drug-likeness (QED) is 0.351. The summed E-state index contributed by atoms with van der Waals surface area (Å²) in [4.78, 5) is 13.6. The first-order chi connectivity index (χ1) is 9.09. The molecule has 1 unspecified atom stereocenters. The maximum absolute atomic E-state index is 12.2. The van der Waals surface area contributed by atoms with Crippen LogP contribution in [0.2, 0.25) is 19.6 Å². The van der Waals surface area contributed by atoms with Gasteiger partial charge < -0.3 is 8.95 Å². The summed E-state index contributed by atoms with van der Waals surface area (Å²) >= 11 is 0. The minimum atomic E-state index is -2.64. The molecule has 0 aromatic carbocycles. The Hall–Kier alpha value is -0.423. The van der Waals surface area contributed by atoms with Crippen molar-refractivity contribution in [1.29, 1.82) is 0 Å². The van der Waals surface area contributed by atoms with E-state index in [4.69, 9.17) is 8.95 Å². The monoisotopic (exact) mass is 321 g/mol. The highest BCUT2D eigenvalue weighted by Gasteiger charge is 2.22. The molecule has 0 saturated carbocycles. The van der Waals surface area contributed by atoms with Gasteiger partial charge in [-0.15, -0.1) is 6.58 Å². The van der Waals surface area contributed by atoms with E-state index in [2.05, 4.69) is 6.58 Å². The Morgan fingerprint density at radius 2 is 2.00 bits per heavy atom. The number of carbonyl (C=O) groups excluding carboxylic acids is 1. The van der Waals surface area contributed by atoms with E-state index in [-0.39, 0.29) is 5.97 Å². The third kappa shape index (κ3) is 10.4. The second-order valence-corrected chi connectivity index (χ2v) is 12.8. The second-order valence-electron chi connectivity index (χ2n) is 5.78. The largest absolute Gasteiger partial charge is 0.520 e. The minimum Gasteiger partial charge on any atom is -0.520 e. The van der Waals surface area contributed by atoms with Gasteiger partial charge in [0.15, 0.2) is 0 Å². The van der Waals surface area contributed by atoms with Crippen LogP contribution in [0.15, 0.2) is 12.7 Å². The number of hydrogen-bond donors (Lipinski definition) is 0. The molecule has 0 fully saturated rings. The summed E-state index contributed by atoms with van der Waals surface area (Å²) < 4.78 is 22.8.